The summed E-state index contributed by atoms with van der Waals surface area (Å²) in [4.78, 5) is 28.9. The van der Waals surface area contributed by atoms with E-state index in [1.807, 2.05) is 25.1 Å². The molecule has 3 aromatic rings. The van der Waals surface area contributed by atoms with E-state index in [1.54, 1.807) is 30.3 Å². The van der Waals surface area contributed by atoms with Crippen LogP contribution in [0, 0.1) is 18.3 Å². The lowest BCUT2D eigenvalue weighted by Crippen LogP contribution is -2.23. The van der Waals surface area contributed by atoms with Crippen LogP contribution < -0.4 is 10.9 Å². The van der Waals surface area contributed by atoms with Crippen molar-refractivity contribution in [1.29, 1.82) is 5.26 Å². The van der Waals surface area contributed by atoms with Gasteiger partial charge in [-0.2, -0.15) is 5.26 Å². The molecule has 2 aromatic carbocycles. The molecule has 0 spiro atoms. The highest BCUT2D eigenvalue weighted by Gasteiger charge is 2.08. The van der Waals surface area contributed by atoms with E-state index in [0.717, 1.165) is 5.56 Å². The Morgan fingerprint density at radius 3 is 2.88 bits per heavy atom. The van der Waals surface area contributed by atoms with Gasteiger partial charge in [-0.1, -0.05) is 18.2 Å². The summed E-state index contributed by atoms with van der Waals surface area (Å²) in [6.45, 7) is 2.14. The van der Waals surface area contributed by atoms with Crippen LogP contribution in [0.25, 0.3) is 10.9 Å². The predicted molar refractivity (Wildman–Crippen MR) is 95.1 cm³/mol. The number of para-hydroxylation sites is 1. The molecule has 0 aliphatic heterocycles. The van der Waals surface area contributed by atoms with Crippen molar-refractivity contribution in [2.75, 3.05) is 5.32 Å². The zero-order valence-electron chi connectivity index (χ0n) is 13.7. The molecule has 6 heteroatoms. The molecule has 3 rings (SSSR count). The van der Waals surface area contributed by atoms with Crippen molar-refractivity contribution in [3.63, 3.8) is 0 Å². The molecular weight excluding hydrogens is 316 g/mol. The van der Waals surface area contributed by atoms with Crippen LogP contribution in [0.5, 0.6) is 0 Å². The fourth-order valence-electron chi connectivity index (χ4n) is 2.61. The molecule has 1 heterocycles. The van der Waals surface area contributed by atoms with Gasteiger partial charge in [0.05, 0.1) is 28.9 Å². The van der Waals surface area contributed by atoms with Gasteiger partial charge < -0.3 is 5.32 Å². The molecule has 0 unspecified atom stereocenters. The summed E-state index contributed by atoms with van der Waals surface area (Å²) in [5.74, 6) is -0.230. The molecule has 25 heavy (non-hydrogen) atoms. The number of carbonyl (C=O) groups excluding carboxylic acids is 1. The number of nitrogens with one attached hydrogen (secondary N) is 1. The van der Waals surface area contributed by atoms with Gasteiger partial charge in [-0.3, -0.25) is 14.2 Å². The lowest BCUT2D eigenvalue weighted by Gasteiger charge is -2.08. The van der Waals surface area contributed by atoms with Crippen molar-refractivity contribution < 1.29 is 4.79 Å². The topological polar surface area (TPSA) is 87.8 Å². The minimum Gasteiger partial charge on any atom is -0.326 e. The van der Waals surface area contributed by atoms with E-state index in [1.165, 1.54) is 10.9 Å². The molecule has 1 N–H and O–H groups in total. The number of hydrogen-bond donors (Lipinski definition) is 1. The Labute approximate surface area is 144 Å². The normalized spacial score (nSPS) is 10.4. The largest absolute Gasteiger partial charge is 0.326 e. The van der Waals surface area contributed by atoms with Crippen LogP contribution >= 0.6 is 0 Å². The number of aromatic nitrogens is 2. The number of hydrogen-bond acceptors (Lipinski definition) is 4. The first-order valence-electron chi connectivity index (χ1n) is 7.83. The van der Waals surface area contributed by atoms with Gasteiger partial charge in [-0.25, -0.2) is 4.98 Å². The van der Waals surface area contributed by atoms with Crippen LogP contribution in [0.15, 0.2) is 53.6 Å². The first kappa shape index (κ1) is 16.4. The van der Waals surface area contributed by atoms with Crippen LogP contribution in [0.2, 0.25) is 0 Å². The van der Waals surface area contributed by atoms with Gasteiger partial charge >= 0.3 is 0 Å². The third-order valence-corrected chi connectivity index (χ3v) is 3.91. The smallest absolute Gasteiger partial charge is 0.261 e. The molecule has 0 fully saturated rings. The second-order valence-electron chi connectivity index (χ2n) is 5.70. The van der Waals surface area contributed by atoms with Crippen molar-refractivity contribution in [2.45, 2.75) is 19.9 Å². The van der Waals surface area contributed by atoms with Crippen molar-refractivity contribution in [2.24, 2.45) is 0 Å². The number of aryl methyl sites for hydroxylation is 2. The van der Waals surface area contributed by atoms with Crippen molar-refractivity contribution in [1.82, 2.24) is 9.55 Å². The Balaban J connectivity index is 1.72. The molecule has 124 valence electrons. The fraction of sp³-hybridized carbons (Fsp3) is 0.158. The van der Waals surface area contributed by atoms with Gasteiger partial charge in [0.25, 0.3) is 5.56 Å². The molecule has 0 atom stereocenters. The van der Waals surface area contributed by atoms with E-state index in [9.17, 15) is 9.59 Å². The number of anilines is 1. The summed E-state index contributed by atoms with van der Waals surface area (Å²) in [5, 5.41) is 12.1. The van der Waals surface area contributed by atoms with Gasteiger partial charge in [0.15, 0.2) is 0 Å². The molecule has 0 aliphatic carbocycles. The Hall–Kier alpha value is -3.46. The summed E-state index contributed by atoms with van der Waals surface area (Å²) in [7, 11) is 0. The zero-order valence-corrected chi connectivity index (χ0v) is 13.7. The highest BCUT2D eigenvalue weighted by atomic mass is 16.1. The third kappa shape index (κ3) is 3.56. The van der Waals surface area contributed by atoms with Gasteiger partial charge in [-0.15, -0.1) is 0 Å². The molecule has 0 saturated carbocycles. The molecule has 0 bridgehead atoms. The Bertz CT molecular complexity index is 1050. The maximum atomic E-state index is 12.5. The number of benzene rings is 2. The fourth-order valence-corrected chi connectivity index (χ4v) is 2.61. The number of nitrogens with zero attached hydrogens (tertiary/aromatic N) is 3. The van der Waals surface area contributed by atoms with Crippen molar-refractivity contribution in [3.8, 4) is 6.07 Å². The summed E-state index contributed by atoms with van der Waals surface area (Å²) < 4.78 is 1.44. The van der Waals surface area contributed by atoms with Crippen LogP contribution in [-0.4, -0.2) is 15.5 Å². The predicted octanol–water partition coefficient (Wildman–Crippen LogP) is 2.61. The number of amides is 1. The van der Waals surface area contributed by atoms with Crippen LogP contribution in [0.4, 0.5) is 5.69 Å². The molecule has 6 nitrogen and oxygen atoms in total. The van der Waals surface area contributed by atoms with Gasteiger partial charge in [0, 0.05) is 18.7 Å². The van der Waals surface area contributed by atoms with Gasteiger partial charge in [0.1, 0.15) is 0 Å². The van der Waals surface area contributed by atoms with Crippen molar-refractivity contribution in [3.05, 3.63) is 70.3 Å². The zero-order chi connectivity index (χ0) is 17.8. The maximum absolute atomic E-state index is 12.5. The summed E-state index contributed by atoms with van der Waals surface area (Å²) in [6.07, 6.45) is 1.61. The minimum atomic E-state index is -0.230. The van der Waals surface area contributed by atoms with E-state index in [4.69, 9.17) is 5.26 Å². The quantitative estimate of drug-likeness (QED) is 0.795. The second-order valence-corrected chi connectivity index (χ2v) is 5.70. The second kappa shape index (κ2) is 6.97. The summed E-state index contributed by atoms with van der Waals surface area (Å²) in [5.41, 5.74) is 2.50. The molecule has 1 amide bonds. The molecule has 0 saturated heterocycles. The third-order valence-electron chi connectivity index (χ3n) is 3.91. The standard InChI is InChI=1S/C19H16N4O2/c1-13-4-2-7-16-18(13)21-12-23(19(16)25)9-8-17(24)22-15-6-3-5-14(10-15)11-20/h2-7,10,12H,8-9H2,1H3,(H,22,24). The molecule has 0 radical (unpaired) electrons. The number of nitriles is 1. The lowest BCUT2D eigenvalue weighted by atomic mass is 10.1. The van der Waals surface area contributed by atoms with E-state index in [0.29, 0.717) is 22.2 Å². The highest BCUT2D eigenvalue weighted by molar-refractivity contribution is 5.90. The lowest BCUT2D eigenvalue weighted by molar-refractivity contribution is -0.116. The maximum Gasteiger partial charge on any atom is 0.261 e. The number of carbonyl (C=O) groups is 1. The summed E-state index contributed by atoms with van der Waals surface area (Å²) >= 11 is 0. The van der Waals surface area contributed by atoms with Gasteiger partial charge in [-0.05, 0) is 36.8 Å². The van der Waals surface area contributed by atoms with Crippen LogP contribution in [-0.2, 0) is 11.3 Å². The van der Waals surface area contributed by atoms with E-state index in [2.05, 4.69) is 10.3 Å². The first-order valence-corrected chi connectivity index (χ1v) is 7.83. The molecular formula is C19H16N4O2. The average Bonchev–Trinajstić information content (AvgIpc) is 2.62. The Kier molecular flexibility index (Phi) is 4.57. The SMILES string of the molecule is Cc1cccc2c(=O)n(CCC(=O)Nc3cccc(C#N)c3)cnc12. The van der Waals surface area contributed by atoms with Crippen LogP contribution in [0.3, 0.4) is 0 Å². The average molecular weight is 332 g/mol. The van der Waals surface area contributed by atoms with Gasteiger partial charge in [0.2, 0.25) is 5.91 Å². The van der Waals surface area contributed by atoms with E-state index >= 15 is 0 Å². The number of rotatable bonds is 4. The Morgan fingerprint density at radius 2 is 2.08 bits per heavy atom. The van der Waals surface area contributed by atoms with Crippen molar-refractivity contribution >= 4 is 22.5 Å². The molecule has 0 aliphatic rings. The Morgan fingerprint density at radius 1 is 1.28 bits per heavy atom. The first-order chi connectivity index (χ1) is 12.1. The van der Waals surface area contributed by atoms with E-state index in [-0.39, 0.29) is 24.4 Å². The minimum absolute atomic E-state index is 0.135. The van der Waals surface area contributed by atoms with E-state index < -0.39 is 0 Å². The van der Waals surface area contributed by atoms with Crippen LogP contribution in [0.1, 0.15) is 17.5 Å². The summed E-state index contributed by atoms with van der Waals surface area (Å²) in [6, 6.07) is 14.2. The number of fused-ring (bicyclic) bond motifs is 1. The molecule has 1 aromatic heterocycles. The monoisotopic (exact) mass is 332 g/mol. The highest BCUT2D eigenvalue weighted by Crippen LogP contribution is 2.12.